The van der Waals surface area contributed by atoms with Crippen molar-refractivity contribution in [1.82, 2.24) is 21.3 Å². The number of carbonyl (C=O) groups excluding carboxylic acids is 4. The minimum Gasteiger partial charge on any atom is -0.508 e. The highest BCUT2D eigenvalue weighted by Gasteiger charge is 2.29. The molecule has 0 radical (unpaired) electrons. The smallest absolute Gasteiger partial charge is 0.325 e. The van der Waals surface area contributed by atoms with Gasteiger partial charge in [-0.2, -0.15) is 0 Å². The molecule has 0 aliphatic carbocycles. The van der Waals surface area contributed by atoms with E-state index in [4.69, 9.17) is 27.7 Å². The van der Waals surface area contributed by atoms with Gasteiger partial charge >= 0.3 is 5.97 Å². The zero-order chi connectivity index (χ0) is 28.8. The molecule has 0 spiro atoms. The Morgan fingerprint density at radius 1 is 0.921 bits per heavy atom. The van der Waals surface area contributed by atoms with Gasteiger partial charge in [0.05, 0.1) is 6.04 Å². The summed E-state index contributed by atoms with van der Waals surface area (Å²) < 4.78 is 0. The second-order valence-corrected chi connectivity index (χ2v) is 8.66. The maximum Gasteiger partial charge on any atom is 0.325 e. The maximum absolute atomic E-state index is 13.1. The number of hydrogen-bond donors (Lipinski definition) is 10. The molecular weight excluding hydrogens is 500 g/mol. The number of hydrogen-bond acceptors (Lipinski definition) is 8. The average Bonchev–Trinajstić information content (AvgIpc) is 2.84. The maximum atomic E-state index is 13.1. The van der Waals surface area contributed by atoms with Crippen molar-refractivity contribution in [1.29, 1.82) is 5.41 Å². The Morgan fingerprint density at radius 2 is 1.47 bits per heavy atom. The predicted molar refractivity (Wildman–Crippen MR) is 136 cm³/mol. The van der Waals surface area contributed by atoms with E-state index >= 15 is 0 Å². The van der Waals surface area contributed by atoms with Crippen molar-refractivity contribution in [3.05, 3.63) is 29.8 Å². The van der Waals surface area contributed by atoms with E-state index in [9.17, 15) is 29.1 Å². The molecule has 1 aromatic rings. The Bertz CT molecular complexity index is 1000. The Labute approximate surface area is 219 Å². The van der Waals surface area contributed by atoms with E-state index in [2.05, 4.69) is 21.3 Å². The van der Waals surface area contributed by atoms with Crippen molar-refractivity contribution >= 4 is 35.6 Å². The van der Waals surface area contributed by atoms with Crippen LogP contribution < -0.4 is 38.5 Å². The molecule has 0 unspecified atom stereocenters. The summed E-state index contributed by atoms with van der Waals surface area (Å²) in [5.41, 5.74) is 17.1. The lowest BCUT2D eigenvalue weighted by atomic mass is 10.0. The first-order valence-corrected chi connectivity index (χ1v) is 11.8. The molecule has 0 aliphatic rings. The number of aromatic hydroxyl groups is 1. The molecule has 0 saturated heterocycles. The normalized spacial score (nSPS) is 13.7. The predicted octanol–water partition coefficient (Wildman–Crippen LogP) is -2.65. The minimum absolute atomic E-state index is 0.0513. The Kier molecular flexibility index (Phi) is 13.0. The third-order valence-corrected chi connectivity index (χ3v) is 5.39. The van der Waals surface area contributed by atoms with Gasteiger partial charge in [-0.1, -0.05) is 12.1 Å². The largest absolute Gasteiger partial charge is 0.508 e. The van der Waals surface area contributed by atoms with Gasteiger partial charge in [0.2, 0.25) is 23.6 Å². The van der Waals surface area contributed by atoms with Crippen molar-refractivity contribution in [2.45, 2.75) is 63.2 Å². The molecule has 0 fully saturated rings. The number of primary amides is 1. The van der Waals surface area contributed by atoms with Crippen LogP contribution in [0.2, 0.25) is 0 Å². The van der Waals surface area contributed by atoms with E-state index in [1.54, 1.807) is 12.1 Å². The topological polar surface area (TPSA) is 276 Å². The van der Waals surface area contributed by atoms with E-state index in [1.165, 1.54) is 19.1 Å². The van der Waals surface area contributed by atoms with E-state index in [0.29, 0.717) is 12.0 Å². The number of nitrogens with two attached hydrogens (primary N) is 3. The van der Waals surface area contributed by atoms with Crippen LogP contribution in [0.4, 0.5) is 0 Å². The number of carboxylic acid groups (broad SMARTS) is 1. The van der Waals surface area contributed by atoms with Crippen LogP contribution in [0, 0.1) is 5.41 Å². The van der Waals surface area contributed by atoms with Gasteiger partial charge in [-0.05, 0) is 50.3 Å². The molecular formula is C23H36N8O7. The number of nitrogens with one attached hydrogen (secondary N) is 5. The van der Waals surface area contributed by atoms with Crippen LogP contribution in [0.25, 0.3) is 0 Å². The quantitative estimate of drug-likeness (QED) is 0.0595. The summed E-state index contributed by atoms with van der Waals surface area (Å²) in [5.74, 6) is -4.53. The summed E-state index contributed by atoms with van der Waals surface area (Å²) in [4.78, 5) is 60.9. The summed E-state index contributed by atoms with van der Waals surface area (Å²) >= 11 is 0. The molecule has 15 nitrogen and oxygen atoms in total. The molecule has 0 heterocycles. The van der Waals surface area contributed by atoms with Gasteiger partial charge in [0.1, 0.15) is 23.9 Å². The molecule has 0 saturated carbocycles. The summed E-state index contributed by atoms with van der Waals surface area (Å²) in [7, 11) is 0. The molecule has 210 valence electrons. The van der Waals surface area contributed by atoms with Gasteiger partial charge in [0.15, 0.2) is 5.96 Å². The first-order chi connectivity index (χ1) is 17.8. The average molecular weight is 537 g/mol. The number of aliphatic carboxylic acids is 1. The number of carbonyl (C=O) groups is 5. The zero-order valence-electron chi connectivity index (χ0n) is 21.0. The third kappa shape index (κ3) is 12.0. The summed E-state index contributed by atoms with van der Waals surface area (Å²) in [6.07, 6.45) is 0.00489. The summed E-state index contributed by atoms with van der Waals surface area (Å²) in [6, 6.07) is 1.30. The zero-order valence-corrected chi connectivity index (χ0v) is 21.0. The van der Waals surface area contributed by atoms with Crippen LogP contribution in [0.3, 0.4) is 0 Å². The fourth-order valence-electron chi connectivity index (χ4n) is 3.26. The van der Waals surface area contributed by atoms with Crippen LogP contribution in [-0.4, -0.2) is 76.5 Å². The second-order valence-electron chi connectivity index (χ2n) is 8.66. The minimum atomic E-state index is -1.31. The molecule has 0 bridgehead atoms. The monoisotopic (exact) mass is 536 g/mol. The molecule has 1 aromatic carbocycles. The Balaban J connectivity index is 2.98. The number of phenolic OH excluding ortho intramolecular Hbond substituents is 1. The highest BCUT2D eigenvalue weighted by atomic mass is 16.4. The van der Waals surface area contributed by atoms with E-state index < -0.39 is 53.8 Å². The molecule has 13 N–H and O–H groups in total. The van der Waals surface area contributed by atoms with Crippen LogP contribution in [0.15, 0.2) is 24.3 Å². The highest BCUT2D eigenvalue weighted by molar-refractivity contribution is 5.94. The van der Waals surface area contributed by atoms with Crippen LogP contribution in [0.1, 0.15) is 38.2 Å². The Morgan fingerprint density at radius 3 is 2.03 bits per heavy atom. The number of rotatable bonds is 16. The van der Waals surface area contributed by atoms with Crippen molar-refractivity contribution in [2.75, 3.05) is 6.54 Å². The number of benzene rings is 1. The second kappa shape index (κ2) is 15.7. The van der Waals surface area contributed by atoms with E-state index in [-0.39, 0.29) is 43.9 Å². The number of amides is 4. The van der Waals surface area contributed by atoms with E-state index in [0.717, 1.165) is 0 Å². The van der Waals surface area contributed by atoms with Gasteiger partial charge in [-0.15, -0.1) is 0 Å². The molecule has 0 aromatic heterocycles. The van der Waals surface area contributed by atoms with Crippen LogP contribution in [0.5, 0.6) is 5.75 Å². The molecule has 0 aliphatic heterocycles. The lowest BCUT2D eigenvalue weighted by Crippen LogP contribution is -2.57. The first-order valence-electron chi connectivity index (χ1n) is 11.8. The van der Waals surface area contributed by atoms with Crippen molar-refractivity contribution in [2.24, 2.45) is 17.2 Å². The number of carboxylic acids is 1. The van der Waals surface area contributed by atoms with Gasteiger partial charge < -0.3 is 48.7 Å². The summed E-state index contributed by atoms with van der Waals surface area (Å²) in [6.45, 7) is 1.45. The number of guanidine groups is 1. The Hall–Kier alpha value is -4.40. The highest BCUT2D eigenvalue weighted by Crippen LogP contribution is 2.11. The number of phenols is 1. The lowest BCUT2D eigenvalue weighted by molar-refractivity contribution is -0.142. The molecule has 4 amide bonds. The van der Waals surface area contributed by atoms with Gasteiger partial charge in [0, 0.05) is 13.0 Å². The van der Waals surface area contributed by atoms with Gasteiger partial charge in [-0.25, -0.2) is 0 Å². The first kappa shape index (κ1) is 31.6. The van der Waals surface area contributed by atoms with Crippen molar-refractivity contribution in [3.63, 3.8) is 0 Å². The van der Waals surface area contributed by atoms with E-state index in [1.807, 2.05) is 0 Å². The van der Waals surface area contributed by atoms with Crippen LogP contribution in [-0.2, 0) is 30.4 Å². The molecule has 1 rings (SSSR count). The third-order valence-electron chi connectivity index (χ3n) is 5.39. The fourth-order valence-corrected chi connectivity index (χ4v) is 3.26. The molecule has 15 heteroatoms. The van der Waals surface area contributed by atoms with Crippen molar-refractivity contribution in [3.8, 4) is 5.75 Å². The lowest BCUT2D eigenvalue weighted by Gasteiger charge is -2.25. The van der Waals surface area contributed by atoms with Gasteiger partial charge in [0.25, 0.3) is 0 Å². The summed E-state index contributed by atoms with van der Waals surface area (Å²) in [5, 5.41) is 35.5. The fraction of sp³-hybridized carbons (Fsp3) is 0.478. The molecule has 38 heavy (non-hydrogen) atoms. The standard InChI is InChI=1S/C23H36N8O7/c1-12(22(37)38)29-20(35)17(8-9-18(25)33)31-21(36)16(3-2-10-28-23(26)27)30-19(34)15(24)11-13-4-6-14(32)7-5-13/h4-7,12,15-17,32H,2-3,8-11,24H2,1H3,(H2,25,33)(H,29,35)(H,30,34)(H,31,36)(H,37,38)(H4,26,27,28)/t12-,15-,16-,17-/m0/s1. The van der Waals surface area contributed by atoms with Crippen molar-refractivity contribution < 1.29 is 34.2 Å². The molecule has 4 atom stereocenters. The SMILES string of the molecule is C[C@H](NC(=O)[C@H](CCC(N)=O)NC(=O)[C@H](CCCNC(=N)N)NC(=O)[C@@H](N)Cc1ccc(O)cc1)C(=O)O. The van der Waals surface area contributed by atoms with Crippen LogP contribution >= 0.6 is 0 Å². The van der Waals surface area contributed by atoms with Gasteiger partial charge in [-0.3, -0.25) is 29.4 Å².